The molecule has 1 fully saturated rings. The van der Waals surface area contributed by atoms with Crippen molar-refractivity contribution in [2.24, 2.45) is 11.8 Å². The summed E-state index contributed by atoms with van der Waals surface area (Å²) < 4.78 is 11.5. The van der Waals surface area contributed by atoms with Gasteiger partial charge in [-0.3, -0.25) is 0 Å². The Morgan fingerprint density at radius 1 is 0.607 bits per heavy atom. The molecule has 1 rings (SSSR count). The zero-order valence-corrected chi connectivity index (χ0v) is 18.3. The first-order valence-corrected chi connectivity index (χ1v) is 11.4. The van der Waals surface area contributed by atoms with Gasteiger partial charge in [-0.15, -0.1) is 0 Å². The largest absolute Gasteiger partial charge is 0.387 e. The number of unbranched alkanes of at least 4 members (excludes halogenated alkanes) is 2. The third-order valence-electron chi connectivity index (χ3n) is 6.18. The third-order valence-corrected chi connectivity index (χ3v) is 6.18. The van der Waals surface area contributed by atoms with Crippen molar-refractivity contribution >= 4 is 0 Å². The number of rotatable bonds is 14. The smallest absolute Gasteiger partial charge is 0.114 e. The summed E-state index contributed by atoms with van der Waals surface area (Å²) in [5.41, 5.74) is 0. The van der Waals surface area contributed by atoms with E-state index in [-0.39, 0.29) is 0 Å². The van der Waals surface area contributed by atoms with Gasteiger partial charge in [-0.2, -0.15) is 0 Å². The number of hydrogen-bond donors (Lipinski definition) is 4. The number of ether oxygens (including phenoxy) is 2. The first kappa shape index (κ1) is 25.8. The average Bonchev–Trinajstić information content (AvgIpc) is 2.70. The van der Waals surface area contributed by atoms with Crippen LogP contribution in [0.1, 0.15) is 79.1 Å². The maximum absolute atomic E-state index is 10.5. The minimum Gasteiger partial charge on any atom is -0.387 e. The molecular weight excluding hydrogens is 360 g/mol. The van der Waals surface area contributed by atoms with Crippen molar-refractivity contribution < 1.29 is 29.9 Å². The molecule has 0 spiro atoms. The summed E-state index contributed by atoms with van der Waals surface area (Å²) in [6.07, 6.45) is 1.21. The Kier molecular flexibility index (Phi) is 12.8. The molecule has 0 aromatic heterocycles. The second-order valence-electron chi connectivity index (χ2n) is 8.39. The van der Waals surface area contributed by atoms with Crippen molar-refractivity contribution in [2.75, 3.05) is 13.2 Å². The van der Waals surface area contributed by atoms with Gasteiger partial charge < -0.3 is 29.9 Å². The summed E-state index contributed by atoms with van der Waals surface area (Å²) in [7, 11) is 0. The molecule has 0 aliphatic heterocycles. The van der Waals surface area contributed by atoms with Crippen LogP contribution in [-0.2, 0) is 9.47 Å². The lowest BCUT2D eigenvalue weighted by Gasteiger charge is -2.44. The van der Waals surface area contributed by atoms with Gasteiger partial charge in [0.25, 0.3) is 0 Å². The molecule has 6 nitrogen and oxygen atoms in total. The van der Waals surface area contributed by atoms with E-state index < -0.39 is 36.6 Å². The predicted molar refractivity (Wildman–Crippen MR) is 110 cm³/mol. The zero-order chi connectivity index (χ0) is 21.1. The maximum atomic E-state index is 10.5. The Labute approximate surface area is 171 Å². The van der Waals surface area contributed by atoms with Gasteiger partial charge in [0.2, 0.25) is 0 Å². The molecule has 0 amide bonds. The summed E-state index contributed by atoms with van der Waals surface area (Å²) in [4.78, 5) is 0. The van der Waals surface area contributed by atoms with Gasteiger partial charge in [0.1, 0.15) is 36.6 Å². The zero-order valence-electron chi connectivity index (χ0n) is 18.3. The Bertz CT molecular complexity index is 341. The lowest BCUT2D eigenvalue weighted by atomic mass is 9.84. The molecule has 0 aromatic carbocycles. The number of aliphatic hydroxyl groups excluding tert-OH is 4. The third kappa shape index (κ3) is 7.54. The van der Waals surface area contributed by atoms with Gasteiger partial charge >= 0.3 is 0 Å². The van der Waals surface area contributed by atoms with Gasteiger partial charge in [-0.05, 0) is 24.7 Å². The summed E-state index contributed by atoms with van der Waals surface area (Å²) in [6.45, 7) is 9.26. The Balaban J connectivity index is 2.63. The van der Waals surface area contributed by atoms with Gasteiger partial charge in [0.05, 0.1) is 13.2 Å². The van der Waals surface area contributed by atoms with E-state index in [9.17, 15) is 20.4 Å². The molecule has 0 bridgehead atoms. The second-order valence-corrected chi connectivity index (χ2v) is 8.39. The standard InChI is InChI=1S/C22H44O6/c1-5-9-11-15(7-3)13-27-21-17(23)19(25)22(20(26)18(21)24)28-14-16(8-4)12-10-6-2/h15-26H,5-14H2,1-4H3/t15?,16?,17-,18-,19-,20+,21?,22?/m1/s1. The van der Waals surface area contributed by atoms with Crippen LogP contribution in [0.4, 0.5) is 0 Å². The van der Waals surface area contributed by atoms with E-state index in [2.05, 4.69) is 27.7 Å². The normalized spacial score (nSPS) is 33.0. The molecule has 8 atom stereocenters. The number of aliphatic hydroxyl groups is 4. The van der Waals surface area contributed by atoms with Crippen LogP contribution in [0.25, 0.3) is 0 Å². The van der Waals surface area contributed by atoms with Crippen molar-refractivity contribution in [1.82, 2.24) is 0 Å². The van der Waals surface area contributed by atoms with Crippen LogP contribution < -0.4 is 0 Å². The summed E-state index contributed by atoms with van der Waals surface area (Å²) in [5, 5.41) is 42.0. The van der Waals surface area contributed by atoms with Crippen LogP contribution in [0.3, 0.4) is 0 Å². The molecule has 168 valence electrons. The Morgan fingerprint density at radius 2 is 0.929 bits per heavy atom. The molecule has 0 saturated heterocycles. The fourth-order valence-corrected chi connectivity index (χ4v) is 3.87. The molecule has 1 aliphatic carbocycles. The summed E-state index contributed by atoms with van der Waals surface area (Å²) in [5.74, 6) is 0.679. The molecule has 4 unspecified atom stereocenters. The highest BCUT2D eigenvalue weighted by molar-refractivity contribution is 5.00. The van der Waals surface area contributed by atoms with E-state index in [0.29, 0.717) is 25.0 Å². The highest BCUT2D eigenvalue weighted by Crippen LogP contribution is 2.28. The molecule has 1 saturated carbocycles. The van der Waals surface area contributed by atoms with Gasteiger partial charge in [0.15, 0.2) is 0 Å². The monoisotopic (exact) mass is 404 g/mol. The van der Waals surface area contributed by atoms with Gasteiger partial charge in [-0.25, -0.2) is 0 Å². The van der Waals surface area contributed by atoms with Crippen molar-refractivity contribution in [3.63, 3.8) is 0 Å². The first-order chi connectivity index (χ1) is 13.4. The molecule has 4 N–H and O–H groups in total. The topological polar surface area (TPSA) is 99.4 Å². The van der Waals surface area contributed by atoms with Crippen molar-refractivity contribution in [3.8, 4) is 0 Å². The summed E-state index contributed by atoms with van der Waals surface area (Å²) >= 11 is 0. The minimum absolute atomic E-state index is 0.339. The molecular formula is C22H44O6. The quantitative estimate of drug-likeness (QED) is 0.355. The van der Waals surface area contributed by atoms with Gasteiger partial charge in [0, 0.05) is 0 Å². The van der Waals surface area contributed by atoms with Crippen molar-refractivity contribution in [2.45, 2.75) is 116 Å². The van der Waals surface area contributed by atoms with Crippen molar-refractivity contribution in [3.05, 3.63) is 0 Å². The van der Waals surface area contributed by atoms with Gasteiger partial charge in [-0.1, -0.05) is 66.2 Å². The highest BCUT2D eigenvalue weighted by Gasteiger charge is 2.50. The first-order valence-electron chi connectivity index (χ1n) is 11.4. The Morgan fingerprint density at radius 3 is 1.18 bits per heavy atom. The Hall–Kier alpha value is -0.240. The molecule has 0 heterocycles. The van der Waals surface area contributed by atoms with E-state index >= 15 is 0 Å². The molecule has 6 heteroatoms. The van der Waals surface area contributed by atoms with E-state index in [4.69, 9.17) is 9.47 Å². The summed E-state index contributed by atoms with van der Waals surface area (Å²) in [6, 6.07) is 0. The fourth-order valence-electron chi connectivity index (χ4n) is 3.87. The van der Waals surface area contributed by atoms with E-state index in [1.807, 2.05) is 0 Å². The molecule has 1 aliphatic rings. The predicted octanol–water partition coefficient (Wildman–Crippen LogP) is 2.65. The van der Waals surface area contributed by atoms with Crippen LogP contribution in [-0.4, -0.2) is 70.3 Å². The average molecular weight is 405 g/mol. The van der Waals surface area contributed by atoms with E-state index in [0.717, 1.165) is 51.4 Å². The lowest BCUT2D eigenvalue weighted by Crippen LogP contribution is -2.65. The SMILES string of the molecule is CCCCC(CC)COC1[C@@H](O)[C@@H](O)C(OCC(CC)CCCC)[C@H](O)[C@H]1O. The lowest BCUT2D eigenvalue weighted by molar-refractivity contribution is -0.249. The van der Waals surface area contributed by atoms with Crippen LogP contribution in [0.5, 0.6) is 0 Å². The van der Waals surface area contributed by atoms with Crippen LogP contribution in [0, 0.1) is 11.8 Å². The highest BCUT2D eigenvalue weighted by atomic mass is 16.5. The maximum Gasteiger partial charge on any atom is 0.114 e. The molecule has 0 radical (unpaired) electrons. The van der Waals surface area contributed by atoms with E-state index in [1.54, 1.807) is 0 Å². The van der Waals surface area contributed by atoms with Crippen molar-refractivity contribution in [1.29, 1.82) is 0 Å². The van der Waals surface area contributed by atoms with Crippen LogP contribution in [0.15, 0.2) is 0 Å². The minimum atomic E-state index is -1.29. The molecule has 0 aromatic rings. The number of hydrogen-bond acceptors (Lipinski definition) is 6. The van der Waals surface area contributed by atoms with Crippen LogP contribution in [0.2, 0.25) is 0 Å². The second kappa shape index (κ2) is 13.9. The van der Waals surface area contributed by atoms with E-state index in [1.165, 1.54) is 0 Å². The fraction of sp³-hybridized carbons (Fsp3) is 1.00. The van der Waals surface area contributed by atoms with Crippen LogP contribution >= 0.6 is 0 Å². The molecule has 28 heavy (non-hydrogen) atoms.